The summed E-state index contributed by atoms with van der Waals surface area (Å²) in [5.41, 5.74) is 0.801. The zero-order chi connectivity index (χ0) is 14.3. The number of rotatable bonds is 1. The monoisotopic (exact) mass is 335 g/mol. The highest BCUT2D eigenvalue weighted by molar-refractivity contribution is 9.10. The van der Waals surface area contributed by atoms with Gasteiger partial charge in [-0.2, -0.15) is 0 Å². The van der Waals surface area contributed by atoms with Crippen LogP contribution in [0.25, 0.3) is 0 Å². The van der Waals surface area contributed by atoms with Crippen LogP contribution >= 0.6 is 15.9 Å². The van der Waals surface area contributed by atoms with E-state index >= 15 is 0 Å². The number of amides is 2. The van der Waals surface area contributed by atoms with E-state index in [1.807, 2.05) is 24.3 Å². The Labute approximate surface area is 127 Å². The Bertz CT molecular complexity index is 571. The first-order valence-corrected chi connectivity index (χ1v) is 7.92. The summed E-state index contributed by atoms with van der Waals surface area (Å²) in [5, 5.41) is 2.53. The van der Waals surface area contributed by atoms with E-state index in [4.69, 9.17) is 0 Å². The Balaban J connectivity index is 2.12. The zero-order valence-corrected chi connectivity index (χ0v) is 13.1. The summed E-state index contributed by atoms with van der Waals surface area (Å²) in [4.78, 5) is 24.4. The normalized spacial score (nSPS) is 33.5. The molecule has 2 amide bonds. The van der Waals surface area contributed by atoms with Crippen LogP contribution in [0.4, 0.5) is 0 Å². The average molecular weight is 336 g/mol. The first kappa shape index (κ1) is 13.8. The second-order valence-corrected chi connectivity index (χ2v) is 6.92. The largest absolute Gasteiger partial charge is 0.296 e. The number of carbonyl (C=O) groups is 2. The summed E-state index contributed by atoms with van der Waals surface area (Å²) in [7, 11) is 0. The Morgan fingerprint density at radius 3 is 2.70 bits per heavy atom. The first-order chi connectivity index (χ1) is 9.54. The molecule has 1 aromatic rings. The summed E-state index contributed by atoms with van der Waals surface area (Å²) < 4.78 is 0.952. The first-order valence-electron chi connectivity index (χ1n) is 7.13. The molecule has 0 aromatic heterocycles. The maximum Gasteiger partial charge on any atom is 0.234 e. The van der Waals surface area contributed by atoms with Crippen molar-refractivity contribution in [2.45, 2.75) is 38.5 Å². The van der Waals surface area contributed by atoms with Crippen LogP contribution in [0.15, 0.2) is 28.7 Å². The van der Waals surface area contributed by atoms with Crippen LogP contribution < -0.4 is 5.32 Å². The molecule has 106 valence electrons. The number of hydrogen-bond donors (Lipinski definition) is 1. The van der Waals surface area contributed by atoms with Gasteiger partial charge in [-0.15, -0.1) is 0 Å². The third-order valence-electron chi connectivity index (χ3n) is 5.07. The van der Waals surface area contributed by atoms with Gasteiger partial charge in [0.15, 0.2) is 0 Å². The molecular formula is C16H18BrNO2. The molecule has 3 rings (SSSR count). The van der Waals surface area contributed by atoms with E-state index in [-0.39, 0.29) is 23.1 Å². The lowest BCUT2D eigenvalue weighted by Crippen LogP contribution is -2.51. The van der Waals surface area contributed by atoms with Crippen molar-refractivity contribution in [1.82, 2.24) is 5.32 Å². The Hall–Kier alpha value is -1.16. The molecule has 1 aliphatic heterocycles. The number of benzene rings is 1. The highest BCUT2D eigenvalue weighted by Crippen LogP contribution is 2.56. The molecule has 1 spiro atoms. The predicted octanol–water partition coefficient (Wildman–Crippen LogP) is 3.39. The number of nitrogens with one attached hydrogen (secondary N) is 1. The molecule has 0 bridgehead atoms. The van der Waals surface area contributed by atoms with Crippen LogP contribution in [0, 0.1) is 11.3 Å². The van der Waals surface area contributed by atoms with Gasteiger partial charge < -0.3 is 0 Å². The molecule has 0 radical (unpaired) electrons. The predicted molar refractivity (Wildman–Crippen MR) is 80.1 cm³/mol. The number of piperidine rings is 1. The maximum absolute atomic E-state index is 12.5. The van der Waals surface area contributed by atoms with Gasteiger partial charge in [-0.3, -0.25) is 14.9 Å². The lowest BCUT2D eigenvalue weighted by molar-refractivity contribution is -0.141. The van der Waals surface area contributed by atoms with Gasteiger partial charge >= 0.3 is 0 Å². The van der Waals surface area contributed by atoms with Crippen LogP contribution in [-0.4, -0.2) is 11.8 Å². The van der Waals surface area contributed by atoms with Gasteiger partial charge in [0, 0.05) is 10.9 Å². The topological polar surface area (TPSA) is 46.2 Å². The third kappa shape index (κ3) is 2.01. The Morgan fingerprint density at radius 1 is 1.30 bits per heavy atom. The highest BCUT2D eigenvalue weighted by Gasteiger charge is 2.54. The van der Waals surface area contributed by atoms with Gasteiger partial charge in [0.05, 0.1) is 5.92 Å². The number of imide groups is 1. The van der Waals surface area contributed by atoms with Crippen molar-refractivity contribution in [2.75, 3.05) is 0 Å². The van der Waals surface area contributed by atoms with E-state index in [1.54, 1.807) is 0 Å². The Kier molecular flexibility index (Phi) is 3.44. The van der Waals surface area contributed by atoms with Crippen LogP contribution in [0.5, 0.6) is 0 Å². The molecule has 1 N–H and O–H groups in total. The fraction of sp³-hybridized carbons (Fsp3) is 0.500. The van der Waals surface area contributed by atoms with Gasteiger partial charge in [0.25, 0.3) is 0 Å². The van der Waals surface area contributed by atoms with Gasteiger partial charge in [-0.1, -0.05) is 53.9 Å². The van der Waals surface area contributed by atoms with E-state index in [2.05, 4.69) is 28.2 Å². The fourth-order valence-electron chi connectivity index (χ4n) is 4.04. The Morgan fingerprint density at radius 2 is 2.05 bits per heavy atom. The van der Waals surface area contributed by atoms with Crippen molar-refractivity contribution >= 4 is 27.7 Å². The third-order valence-corrected chi connectivity index (χ3v) is 5.79. The summed E-state index contributed by atoms with van der Waals surface area (Å²) in [6, 6.07) is 7.87. The van der Waals surface area contributed by atoms with E-state index in [1.165, 1.54) is 0 Å². The summed E-state index contributed by atoms with van der Waals surface area (Å²) in [6.07, 6.45) is 3.62. The maximum atomic E-state index is 12.5. The minimum Gasteiger partial charge on any atom is -0.296 e. The van der Waals surface area contributed by atoms with Crippen molar-refractivity contribution in [3.63, 3.8) is 0 Å². The molecule has 3 atom stereocenters. The number of carbonyl (C=O) groups excluding carboxylic acids is 2. The summed E-state index contributed by atoms with van der Waals surface area (Å²) >= 11 is 3.56. The van der Waals surface area contributed by atoms with Gasteiger partial charge in [0.2, 0.25) is 11.8 Å². The molecule has 1 heterocycles. The molecule has 3 nitrogen and oxygen atoms in total. The minimum absolute atomic E-state index is 0.118. The lowest BCUT2D eigenvalue weighted by atomic mass is 9.62. The number of halogens is 1. The van der Waals surface area contributed by atoms with Crippen LogP contribution in [0.3, 0.4) is 0 Å². The van der Waals surface area contributed by atoms with Crippen molar-refractivity contribution in [3.05, 3.63) is 34.3 Å². The summed E-state index contributed by atoms with van der Waals surface area (Å²) in [5.74, 6) is -0.0863. The van der Waals surface area contributed by atoms with Crippen molar-refractivity contribution in [3.8, 4) is 0 Å². The van der Waals surface area contributed by atoms with Gasteiger partial charge in [0.1, 0.15) is 0 Å². The van der Waals surface area contributed by atoms with Crippen LogP contribution in [0.1, 0.15) is 44.1 Å². The molecule has 1 saturated carbocycles. The quantitative estimate of drug-likeness (QED) is 0.799. The van der Waals surface area contributed by atoms with Crippen LogP contribution in [0.2, 0.25) is 0 Å². The zero-order valence-electron chi connectivity index (χ0n) is 11.5. The smallest absolute Gasteiger partial charge is 0.234 e. The molecule has 1 saturated heterocycles. The molecule has 4 heteroatoms. The summed E-state index contributed by atoms with van der Waals surface area (Å²) in [6.45, 7) is 2.18. The molecule has 1 aliphatic carbocycles. The average Bonchev–Trinajstić information content (AvgIpc) is 2.72. The fourth-order valence-corrected chi connectivity index (χ4v) is 4.55. The molecule has 3 unspecified atom stereocenters. The molecular weight excluding hydrogens is 318 g/mol. The van der Waals surface area contributed by atoms with Gasteiger partial charge in [-0.05, 0) is 29.4 Å². The van der Waals surface area contributed by atoms with Crippen molar-refractivity contribution < 1.29 is 9.59 Å². The van der Waals surface area contributed by atoms with E-state index in [9.17, 15) is 9.59 Å². The molecule has 1 aromatic carbocycles. The number of hydrogen-bond acceptors (Lipinski definition) is 2. The molecule has 2 aliphatic rings. The minimum atomic E-state index is -0.228. The standard InChI is InChI=1S/C16H18BrNO2/c1-10-5-4-8-16(10)9-13(19)18-15(20)14(16)11-6-2-3-7-12(11)17/h2-3,6-7,10,14H,4-5,8-9H2,1H3,(H,18,19,20). The van der Waals surface area contributed by atoms with Crippen LogP contribution in [-0.2, 0) is 9.59 Å². The van der Waals surface area contributed by atoms with Crippen molar-refractivity contribution in [2.24, 2.45) is 11.3 Å². The van der Waals surface area contributed by atoms with E-state index in [0.717, 1.165) is 29.3 Å². The lowest BCUT2D eigenvalue weighted by Gasteiger charge is -2.43. The second kappa shape index (κ2) is 4.99. The van der Waals surface area contributed by atoms with Gasteiger partial charge in [-0.25, -0.2) is 0 Å². The van der Waals surface area contributed by atoms with E-state index in [0.29, 0.717) is 12.3 Å². The second-order valence-electron chi connectivity index (χ2n) is 6.07. The van der Waals surface area contributed by atoms with Crippen molar-refractivity contribution in [1.29, 1.82) is 0 Å². The highest BCUT2D eigenvalue weighted by atomic mass is 79.9. The molecule has 2 fully saturated rings. The van der Waals surface area contributed by atoms with E-state index < -0.39 is 0 Å². The molecule has 20 heavy (non-hydrogen) atoms. The SMILES string of the molecule is CC1CCCC12CC(=O)NC(=O)C2c1ccccc1Br.